The van der Waals surface area contributed by atoms with E-state index in [1.54, 1.807) is 48.5 Å². The monoisotopic (exact) mass is 384 g/mol. The third-order valence-electron chi connectivity index (χ3n) is 4.11. The van der Waals surface area contributed by atoms with E-state index in [1.165, 1.54) is 0 Å². The molecule has 0 unspecified atom stereocenters. The highest BCUT2D eigenvalue weighted by molar-refractivity contribution is 6.30. The molecule has 0 saturated heterocycles. The van der Waals surface area contributed by atoms with Crippen LogP contribution in [0.3, 0.4) is 0 Å². The fourth-order valence-corrected chi connectivity index (χ4v) is 2.71. The Hall–Kier alpha value is -2.79. The van der Waals surface area contributed by atoms with Crippen LogP contribution in [0.25, 0.3) is 6.08 Å². The highest BCUT2D eigenvalue weighted by atomic mass is 35.5. The Morgan fingerprint density at radius 1 is 1.22 bits per heavy atom. The molecule has 0 aliphatic carbocycles. The summed E-state index contributed by atoms with van der Waals surface area (Å²) >= 11 is 5.87. The number of fused-ring (bicyclic) bond motifs is 1. The van der Waals surface area contributed by atoms with Gasteiger partial charge in [-0.25, -0.2) is 0 Å². The predicted molar refractivity (Wildman–Crippen MR) is 107 cm³/mol. The lowest BCUT2D eigenvalue weighted by molar-refractivity contribution is -0.115. The van der Waals surface area contributed by atoms with E-state index in [1.807, 2.05) is 0 Å². The summed E-state index contributed by atoms with van der Waals surface area (Å²) in [5, 5.41) is 6.27. The Kier molecular flexibility index (Phi) is 5.81. The molecule has 0 bridgehead atoms. The number of benzene rings is 2. The largest absolute Gasteiger partial charge is 0.449 e. The molecule has 0 spiro atoms. The first-order valence-electron chi connectivity index (χ1n) is 8.81. The van der Waals surface area contributed by atoms with Crippen LogP contribution in [0, 0.1) is 5.92 Å². The molecule has 2 aromatic carbocycles. The minimum atomic E-state index is -0.366. The molecule has 0 fully saturated rings. The standard InChI is InChI=1S/C21H21ClN2O3/c1-13(2)9-10-23-20(25)15-5-8-18-17(12-15)24-21(26)19(27-18)11-14-3-6-16(22)7-4-14/h3-8,11-13H,9-10H2,1-2H3,(H,23,25)(H,24,26)/b19-11-. The maximum absolute atomic E-state index is 12.3. The molecule has 3 rings (SSSR count). The van der Waals surface area contributed by atoms with Gasteiger partial charge in [-0.2, -0.15) is 0 Å². The fourth-order valence-electron chi connectivity index (χ4n) is 2.59. The zero-order valence-electron chi connectivity index (χ0n) is 15.2. The molecular weight excluding hydrogens is 364 g/mol. The minimum absolute atomic E-state index is 0.171. The molecule has 0 atom stereocenters. The van der Waals surface area contributed by atoms with E-state index in [-0.39, 0.29) is 17.6 Å². The Bertz CT molecular complexity index is 889. The summed E-state index contributed by atoms with van der Waals surface area (Å²) in [6.07, 6.45) is 2.55. The van der Waals surface area contributed by atoms with Crippen LogP contribution in [0.1, 0.15) is 36.2 Å². The van der Waals surface area contributed by atoms with Crippen molar-refractivity contribution >= 4 is 35.2 Å². The molecule has 5 nitrogen and oxygen atoms in total. The van der Waals surface area contributed by atoms with Crippen molar-refractivity contribution in [3.63, 3.8) is 0 Å². The minimum Gasteiger partial charge on any atom is -0.449 e. The summed E-state index contributed by atoms with van der Waals surface area (Å²) in [6, 6.07) is 12.1. The quantitative estimate of drug-likeness (QED) is 0.746. The van der Waals surface area contributed by atoms with Crippen LogP contribution in [0.2, 0.25) is 5.02 Å². The highest BCUT2D eigenvalue weighted by Crippen LogP contribution is 2.32. The molecule has 6 heteroatoms. The van der Waals surface area contributed by atoms with Crippen LogP contribution in [0.5, 0.6) is 5.75 Å². The van der Waals surface area contributed by atoms with Crippen LogP contribution in [0.4, 0.5) is 5.69 Å². The van der Waals surface area contributed by atoms with Gasteiger partial charge in [-0.05, 0) is 54.3 Å². The molecule has 1 aliphatic rings. The Labute approximate surface area is 163 Å². The zero-order chi connectivity index (χ0) is 19.4. The Morgan fingerprint density at radius 3 is 2.67 bits per heavy atom. The van der Waals surface area contributed by atoms with E-state index >= 15 is 0 Å². The molecule has 1 heterocycles. The number of halogens is 1. The molecule has 2 amide bonds. The number of amides is 2. The van der Waals surface area contributed by atoms with Crippen molar-refractivity contribution in [2.45, 2.75) is 20.3 Å². The van der Waals surface area contributed by atoms with Gasteiger partial charge in [0, 0.05) is 17.1 Å². The molecule has 0 aromatic heterocycles. The van der Waals surface area contributed by atoms with Crippen molar-refractivity contribution in [1.29, 1.82) is 0 Å². The van der Waals surface area contributed by atoms with Gasteiger partial charge in [-0.3, -0.25) is 9.59 Å². The number of hydrogen-bond acceptors (Lipinski definition) is 3. The number of anilines is 1. The molecule has 0 radical (unpaired) electrons. The van der Waals surface area contributed by atoms with Gasteiger partial charge in [0.05, 0.1) is 5.69 Å². The Morgan fingerprint density at radius 2 is 1.96 bits per heavy atom. The number of ether oxygens (including phenoxy) is 1. The highest BCUT2D eigenvalue weighted by Gasteiger charge is 2.23. The van der Waals surface area contributed by atoms with Gasteiger partial charge in [0.15, 0.2) is 11.5 Å². The second-order valence-corrected chi connectivity index (χ2v) is 7.20. The van der Waals surface area contributed by atoms with Gasteiger partial charge >= 0.3 is 0 Å². The van der Waals surface area contributed by atoms with Gasteiger partial charge in [-0.15, -0.1) is 0 Å². The van der Waals surface area contributed by atoms with E-state index in [0.717, 1.165) is 12.0 Å². The van der Waals surface area contributed by atoms with Crippen LogP contribution in [0.15, 0.2) is 48.2 Å². The summed E-state index contributed by atoms with van der Waals surface area (Å²) < 4.78 is 5.71. The van der Waals surface area contributed by atoms with Crippen LogP contribution in [-0.4, -0.2) is 18.4 Å². The van der Waals surface area contributed by atoms with Crippen molar-refractivity contribution in [1.82, 2.24) is 5.32 Å². The maximum atomic E-state index is 12.3. The molecule has 2 aromatic rings. The van der Waals surface area contributed by atoms with Crippen molar-refractivity contribution in [2.75, 3.05) is 11.9 Å². The van der Waals surface area contributed by atoms with E-state index in [9.17, 15) is 9.59 Å². The molecular formula is C21H21ClN2O3. The van der Waals surface area contributed by atoms with Crippen LogP contribution < -0.4 is 15.4 Å². The average molecular weight is 385 g/mol. The second kappa shape index (κ2) is 8.27. The van der Waals surface area contributed by atoms with E-state index in [2.05, 4.69) is 24.5 Å². The van der Waals surface area contributed by atoms with Crippen molar-refractivity contribution in [2.24, 2.45) is 5.92 Å². The predicted octanol–water partition coefficient (Wildman–Crippen LogP) is 4.49. The zero-order valence-corrected chi connectivity index (χ0v) is 16.0. The average Bonchev–Trinajstić information content (AvgIpc) is 2.63. The lowest BCUT2D eigenvalue weighted by Gasteiger charge is -2.20. The SMILES string of the molecule is CC(C)CCNC(=O)c1ccc2c(c1)NC(=O)/C(=C/c1ccc(Cl)cc1)O2. The normalized spacial score (nSPS) is 14.5. The van der Waals surface area contributed by atoms with Crippen molar-refractivity contribution in [3.8, 4) is 5.75 Å². The molecule has 2 N–H and O–H groups in total. The third kappa shape index (κ3) is 4.89. The first-order chi connectivity index (χ1) is 12.9. The summed E-state index contributed by atoms with van der Waals surface area (Å²) in [5.74, 6) is 0.657. The molecule has 27 heavy (non-hydrogen) atoms. The number of carbonyl (C=O) groups excluding carboxylic acids is 2. The van der Waals surface area contributed by atoms with Crippen LogP contribution in [-0.2, 0) is 4.79 Å². The lowest BCUT2D eigenvalue weighted by atomic mass is 10.1. The summed E-state index contributed by atoms with van der Waals surface area (Å²) in [5.41, 5.74) is 1.76. The van der Waals surface area contributed by atoms with Gasteiger partial charge in [0.1, 0.15) is 0 Å². The number of hydrogen-bond donors (Lipinski definition) is 2. The van der Waals surface area contributed by atoms with Gasteiger partial charge < -0.3 is 15.4 Å². The number of carbonyl (C=O) groups is 2. The first kappa shape index (κ1) is 19.0. The van der Waals surface area contributed by atoms with E-state index in [0.29, 0.717) is 34.5 Å². The van der Waals surface area contributed by atoms with Gasteiger partial charge in [0.2, 0.25) is 0 Å². The first-order valence-corrected chi connectivity index (χ1v) is 9.19. The fraction of sp³-hybridized carbons (Fsp3) is 0.238. The molecule has 140 valence electrons. The van der Waals surface area contributed by atoms with Crippen LogP contribution >= 0.6 is 11.6 Å². The topological polar surface area (TPSA) is 67.4 Å². The van der Waals surface area contributed by atoms with E-state index < -0.39 is 0 Å². The summed E-state index contributed by atoms with van der Waals surface area (Å²) in [6.45, 7) is 4.82. The summed E-state index contributed by atoms with van der Waals surface area (Å²) in [7, 11) is 0. The van der Waals surface area contributed by atoms with Gasteiger partial charge in [-0.1, -0.05) is 37.6 Å². The van der Waals surface area contributed by atoms with Crippen molar-refractivity contribution in [3.05, 3.63) is 64.4 Å². The number of rotatable bonds is 5. The second-order valence-electron chi connectivity index (χ2n) is 6.77. The van der Waals surface area contributed by atoms with Gasteiger partial charge in [0.25, 0.3) is 11.8 Å². The molecule has 1 aliphatic heterocycles. The smallest absolute Gasteiger partial charge is 0.291 e. The maximum Gasteiger partial charge on any atom is 0.291 e. The Balaban J connectivity index is 1.74. The van der Waals surface area contributed by atoms with Crippen molar-refractivity contribution < 1.29 is 14.3 Å². The lowest BCUT2D eigenvalue weighted by Crippen LogP contribution is -2.27. The van der Waals surface area contributed by atoms with E-state index in [4.69, 9.17) is 16.3 Å². The third-order valence-corrected chi connectivity index (χ3v) is 4.36. The molecule has 0 saturated carbocycles. The number of nitrogens with one attached hydrogen (secondary N) is 2. The summed E-state index contributed by atoms with van der Waals surface area (Å²) in [4.78, 5) is 24.6.